The zero-order valence-electron chi connectivity index (χ0n) is 26.7. The number of pyridine rings is 1. The van der Waals surface area contributed by atoms with E-state index in [0.717, 1.165) is 37.3 Å². The lowest BCUT2D eigenvalue weighted by atomic mass is 9.76. The maximum Gasteiger partial charge on any atom is 0.257 e. The summed E-state index contributed by atoms with van der Waals surface area (Å²) in [6.07, 6.45) is 8.41. The first-order valence-electron chi connectivity index (χ1n) is 16.1. The van der Waals surface area contributed by atoms with Crippen LogP contribution in [0.4, 0.5) is 11.5 Å². The van der Waals surface area contributed by atoms with Crippen molar-refractivity contribution in [3.8, 4) is 0 Å². The molecule has 2 aromatic heterocycles. The van der Waals surface area contributed by atoms with Crippen molar-refractivity contribution < 1.29 is 28.4 Å². The molecular formula is C32H47N5O6Si. The van der Waals surface area contributed by atoms with Gasteiger partial charge in [-0.1, -0.05) is 51.5 Å². The van der Waals surface area contributed by atoms with Crippen molar-refractivity contribution in [3.63, 3.8) is 0 Å². The molecule has 4 heterocycles. The monoisotopic (exact) mass is 625 g/mol. The summed E-state index contributed by atoms with van der Waals surface area (Å²) in [7, 11) is -1.29. The van der Waals surface area contributed by atoms with Crippen molar-refractivity contribution in [1.29, 1.82) is 0 Å². The van der Waals surface area contributed by atoms with Gasteiger partial charge in [0.05, 0.1) is 16.8 Å². The molecule has 2 aliphatic heterocycles. The Morgan fingerprint density at radius 2 is 1.91 bits per heavy atom. The molecular weight excluding hydrogens is 578 g/mol. The van der Waals surface area contributed by atoms with Crippen LogP contribution in [0.3, 0.4) is 0 Å². The molecule has 1 aliphatic carbocycles. The fraction of sp³-hybridized carbons (Fsp3) is 0.656. The third-order valence-electron chi connectivity index (χ3n) is 9.48. The van der Waals surface area contributed by atoms with E-state index in [0.29, 0.717) is 67.8 Å². The zero-order chi connectivity index (χ0) is 31.5. The summed E-state index contributed by atoms with van der Waals surface area (Å²) < 4.78 is 16.7. The van der Waals surface area contributed by atoms with Crippen LogP contribution in [0.1, 0.15) is 74.0 Å². The van der Waals surface area contributed by atoms with Crippen LogP contribution in [-0.2, 0) is 30.9 Å². The number of carbonyl (C=O) groups is 3. The molecule has 5 rings (SSSR count). The van der Waals surface area contributed by atoms with Crippen LogP contribution in [-0.4, -0.2) is 68.5 Å². The number of hydrogen-bond acceptors (Lipinski definition) is 8. The lowest BCUT2D eigenvalue weighted by molar-refractivity contribution is -0.127. The van der Waals surface area contributed by atoms with Crippen molar-refractivity contribution >= 4 is 37.3 Å². The zero-order valence-corrected chi connectivity index (χ0v) is 27.7. The van der Waals surface area contributed by atoms with Crippen molar-refractivity contribution in [2.24, 2.45) is 11.8 Å². The Morgan fingerprint density at radius 1 is 1.18 bits per heavy atom. The number of anilines is 2. The van der Waals surface area contributed by atoms with E-state index < -0.39 is 19.5 Å². The van der Waals surface area contributed by atoms with Crippen LogP contribution in [0, 0.1) is 11.8 Å². The maximum absolute atomic E-state index is 13.9. The van der Waals surface area contributed by atoms with Gasteiger partial charge in [-0.2, -0.15) is 0 Å². The van der Waals surface area contributed by atoms with Crippen molar-refractivity contribution in [2.45, 2.75) is 95.9 Å². The van der Waals surface area contributed by atoms with Crippen LogP contribution in [0.2, 0.25) is 25.7 Å². The van der Waals surface area contributed by atoms with Crippen LogP contribution in [0.25, 0.3) is 0 Å². The lowest BCUT2D eigenvalue weighted by Crippen LogP contribution is -2.49. The molecule has 240 valence electrons. The molecule has 1 spiro atoms. The smallest absolute Gasteiger partial charge is 0.257 e. The Bertz CT molecular complexity index is 1340. The van der Waals surface area contributed by atoms with Gasteiger partial charge in [-0.25, -0.2) is 4.98 Å². The normalized spacial score (nSPS) is 22.1. The Balaban J connectivity index is 1.38. The second-order valence-electron chi connectivity index (χ2n) is 13.9. The minimum absolute atomic E-state index is 0.00371. The molecule has 1 saturated heterocycles. The van der Waals surface area contributed by atoms with E-state index >= 15 is 0 Å². The highest BCUT2D eigenvalue weighted by Crippen LogP contribution is 2.48. The molecule has 44 heavy (non-hydrogen) atoms. The second-order valence-corrected chi connectivity index (χ2v) is 19.5. The van der Waals surface area contributed by atoms with E-state index in [1.807, 2.05) is 6.92 Å². The number of aryl methyl sites for hydroxylation is 1. The molecule has 0 bridgehead atoms. The number of nitrogens with one attached hydrogen (secondary N) is 2. The summed E-state index contributed by atoms with van der Waals surface area (Å²) >= 11 is 0. The van der Waals surface area contributed by atoms with Gasteiger partial charge in [0.15, 0.2) is 0 Å². The van der Waals surface area contributed by atoms with Gasteiger partial charge < -0.3 is 24.6 Å². The van der Waals surface area contributed by atoms with Gasteiger partial charge in [0.2, 0.25) is 11.8 Å². The molecule has 2 aromatic rings. The highest BCUT2D eigenvalue weighted by molar-refractivity contribution is 6.76. The van der Waals surface area contributed by atoms with Gasteiger partial charge in [-0.15, -0.1) is 0 Å². The molecule has 1 unspecified atom stereocenters. The van der Waals surface area contributed by atoms with Gasteiger partial charge in [0.25, 0.3) is 5.91 Å². The molecule has 12 heteroatoms. The summed E-state index contributed by atoms with van der Waals surface area (Å²) in [5.41, 5.74) is 1.76. The quantitative estimate of drug-likeness (QED) is 0.266. The molecule has 3 aliphatic rings. The number of fused-ring (bicyclic) bond motifs is 2. The topological polar surface area (TPSA) is 136 Å². The van der Waals surface area contributed by atoms with E-state index in [-0.39, 0.29) is 30.4 Å². The van der Waals surface area contributed by atoms with Gasteiger partial charge in [0.1, 0.15) is 30.4 Å². The van der Waals surface area contributed by atoms with Crippen molar-refractivity contribution in [2.75, 3.05) is 36.8 Å². The van der Waals surface area contributed by atoms with Crippen LogP contribution in [0.5, 0.6) is 0 Å². The molecule has 1 atom stereocenters. The number of hydrogen-bond donors (Lipinski definition) is 2. The summed E-state index contributed by atoms with van der Waals surface area (Å²) in [6.45, 7) is 12.7. The average molecular weight is 626 g/mol. The van der Waals surface area contributed by atoms with Crippen LogP contribution >= 0.6 is 0 Å². The van der Waals surface area contributed by atoms with Gasteiger partial charge in [-0.3, -0.25) is 19.3 Å². The Morgan fingerprint density at radius 3 is 2.59 bits per heavy atom. The molecule has 2 fully saturated rings. The first kappa shape index (κ1) is 32.3. The number of carbonyl (C=O) groups excluding carboxylic acids is 3. The number of ether oxygens (including phenoxy) is 2. The SMILES string of the molecule is CCc1nocc1C(=O)NC(C(=O)Nc1cc2c(cn1)C1(CCOCC1)C(=O)N2COCC[Si](C)(C)C)C1CCC(C)CC1. The number of aromatic nitrogens is 2. The fourth-order valence-electron chi connectivity index (χ4n) is 6.59. The number of rotatable bonds is 11. The summed E-state index contributed by atoms with van der Waals surface area (Å²) in [5.74, 6) is 0.192. The predicted octanol–water partition coefficient (Wildman–Crippen LogP) is 4.90. The maximum atomic E-state index is 13.9. The Hall–Kier alpha value is -3.09. The minimum atomic E-state index is -1.29. The van der Waals surface area contributed by atoms with Gasteiger partial charge in [0, 0.05) is 45.7 Å². The fourth-order valence-corrected chi connectivity index (χ4v) is 7.35. The Labute approximate surface area is 260 Å². The van der Waals surface area contributed by atoms with E-state index in [2.05, 4.69) is 47.3 Å². The van der Waals surface area contributed by atoms with E-state index in [4.69, 9.17) is 14.0 Å². The predicted molar refractivity (Wildman–Crippen MR) is 169 cm³/mol. The van der Waals surface area contributed by atoms with Gasteiger partial charge >= 0.3 is 0 Å². The molecule has 11 nitrogen and oxygen atoms in total. The molecule has 1 saturated carbocycles. The minimum Gasteiger partial charge on any atom is -0.381 e. The summed E-state index contributed by atoms with van der Waals surface area (Å²) in [4.78, 5) is 47.4. The molecule has 2 N–H and O–H groups in total. The summed E-state index contributed by atoms with van der Waals surface area (Å²) in [6, 6.07) is 2.02. The molecule has 0 radical (unpaired) electrons. The third-order valence-corrected chi connectivity index (χ3v) is 11.2. The van der Waals surface area contributed by atoms with Crippen molar-refractivity contribution in [3.05, 3.63) is 35.3 Å². The largest absolute Gasteiger partial charge is 0.381 e. The third kappa shape index (κ3) is 6.92. The lowest BCUT2D eigenvalue weighted by Gasteiger charge is -2.32. The highest BCUT2D eigenvalue weighted by atomic mass is 28.3. The summed E-state index contributed by atoms with van der Waals surface area (Å²) in [5, 5.41) is 9.88. The highest BCUT2D eigenvalue weighted by Gasteiger charge is 2.52. The van der Waals surface area contributed by atoms with E-state index in [1.165, 1.54) is 6.26 Å². The second kappa shape index (κ2) is 13.5. The first-order valence-corrected chi connectivity index (χ1v) is 19.8. The van der Waals surface area contributed by atoms with E-state index in [9.17, 15) is 14.4 Å². The number of nitrogens with zero attached hydrogens (tertiary/aromatic N) is 3. The Kier molecular flexibility index (Phi) is 9.91. The number of amides is 3. The van der Waals surface area contributed by atoms with Crippen LogP contribution < -0.4 is 15.5 Å². The molecule has 3 amide bonds. The van der Waals surface area contributed by atoms with Crippen LogP contribution in [0.15, 0.2) is 23.0 Å². The average Bonchev–Trinajstić information content (AvgIpc) is 3.56. The standard InChI is InChI=1S/C32H47N5O6Si/c1-6-25-23(19-43-36-25)29(38)35-28(22-9-7-21(2)8-10-22)30(39)34-27-17-26-24(18-33-27)32(11-13-41-14-12-32)31(40)37(26)20-42-15-16-44(3,4)5/h17-19,21-22,28H,6-16,20H2,1-5H3,(H,35,38)(H,33,34,39). The van der Waals surface area contributed by atoms with E-state index in [1.54, 1.807) is 17.2 Å². The first-order chi connectivity index (χ1) is 21.0. The van der Waals surface area contributed by atoms with Crippen molar-refractivity contribution in [1.82, 2.24) is 15.5 Å². The molecule has 0 aromatic carbocycles. The van der Waals surface area contributed by atoms with Gasteiger partial charge in [-0.05, 0) is 50.0 Å².